The van der Waals surface area contributed by atoms with Crippen LogP contribution in [0.1, 0.15) is 15.9 Å². The molecule has 0 saturated carbocycles. The summed E-state index contributed by atoms with van der Waals surface area (Å²) < 4.78 is 28.5. The Morgan fingerprint density at radius 2 is 1.64 bits per heavy atom. The molecule has 0 bridgehead atoms. The predicted octanol–water partition coefficient (Wildman–Crippen LogP) is 2.63. The van der Waals surface area contributed by atoms with Crippen LogP contribution in [-0.4, -0.2) is 33.8 Å². The van der Waals surface area contributed by atoms with Crippen molar-refractivity contribution < 1.29 is 23.4 Å². The summed E-state index contributed by atoms with van der Waals surface area (Å²) in [4.78, 5) is 12.3. The summed E-state index contributed by atoms with van der Waals surface area (Å²) in [6.45, 7) is 0.146. The third-order valence-electron chi connectivity index (χ3n) is 3.34. The zero-order chi connectivity index (χ0) is 18.2. The molecule has 2 aromatic carbocycles. The van der Waals surface area contributed by atoms with Crippen LogP contribution in [0.2, 0.25) is 0 Å². The van der Waals surface area contributed by atoms with Crippen molar-refractivity contribution in [2.45, 2.75) is 0 Å². The number of amides is 1. The molecule has 0 spiro atoms. The lowest BCUT2D eigenvalue weighted by Crippen LogP contribution is -2.23. The Balaban J connectivity index is 2.07. The zero-order valence-electron chi connectivity index (χ0n) is 14.2. The van der Waals surface area contributed by atoms with E-state index in [1.54, 1.807) is 24.3 Å². The highest BCUT2D eigenvalue weighted by Gasteiger charge is 2.16. The fraction of sp³-hybridized carbons (Fsp3) is 0.211. The van der Waals surface area contributed by atoms with Gasteiger partial charge in [-0.1, -0.05) is 11.8 Å². The molecule has 0 aliphatic carbocycles. The third-order valence-corrected chi connectivity index (χ3v) is 3.34. The summed E-state index contributed by atoms with van der Waals surface area (Å²) in [5.41, 5.74) is 1.03. The maximum Gasteiger partial charge on any atom is 0.252 e. The largest absolute Gasteiger partial charge is 0.493 e. The molecule has 2 rings (SSSR count). The molecular weight excluding hydrogens is 325 g/mol. The predicted molar refractivity (Wildman–Crippen MR) is 91.7 cm³/mol. The van der Waals surface area contributed by atoms with Gasteiger partial charge in [-0.15, -0.1) is 0 Å². The Morgan fingerprint density at radius 3 is 2.16 bits per heavy atom. The molecule has 2 aromatic rings. The van der Waals surface area contributed by atoms with Gasteiger partial charge in [0.25, 0.3) is 5.91 Å². The number of carbonyl (C=O) groups is 1. The van der Waals surface area contributed by atoms with E-state index in [2.05, 4.69) is 17.2 Å². The highest BCUT2D eigenvalue weighted by molar-refractivity contribution is 5.95. The average Bonchev–Trinajstić information content (AvgIpc) is 2.65. The topological polar surface area (TPSA) is 56.8 Å². The summed E-state index contributed by atoms with van der Waals surface area (Å²) in [5, 5.41) is 2.68. The normalized spacial score (nSPS) is 9.60. The Labute approximate surface area is 145 Å². The van der Waals surface area contributed by atoms with Crippen molar-refractivity contribution in [1.29, 1.82) is 0 Å². The van der Waals surface area contributed by atoms with Gasteiger partial charge in [-0.05, 0) is 36.4 Å². The van der Waals surface area contributed by atoms with Crippen LogP contribution >= 0.6 is 0 Å². The summed E-state index contributed by atoms with van der Waals surface area (Å²) in [5.74, 6) is 6.21. The molecule has 6 heteroatoms. The monoisotopic (exact) mass is 343 g/mol. The van der Waals surface area contributed by atoms with Crippen LogP contribution in [0, 0.1) is 17.7 Å². The first kappa shape index (κ1) is 18.1. The van der Waals surface area contributed by atoms with Gasteiger partial charge in [0.2, 0.25) is 5.75 Å². The molecule has 1 N–H and O–H groups in total. The van der Waals surface area contributed by atoms with Gasteiger partial charge in [0.05, 0.1) is 27.9 Å². The van der Waals surface area contributed by atoms with E-state index in [-0.39, 0.29) is 18.3 Å². The lowest BCUT2D eigenvalue weighted by Gasteiger charge is -2.13. The molecule has 1 amide bonds. The summed E-state index contributed by atoms with van der Waals surface area (Å²) >= 11 is 0. The van der Waals surface area contributed by atoms with Gasteiger partial charge in [0.1, 0.15) is 5.82 Å². The molecule has 0 heterocycles. The zero-order valence-corrected chi connectivity index (χ0v) is 14.2. The van der Waals surface area contributed by atoms with E-state index in [1.165, 1.54) is 33.5 Å². The first-order valence-electron chi connectivity index (χ1n) is 7.41. The number of methoxy groups -OCH3 is 3. The average molecular weight is 343 g/mol. The van der Waals surface area contributed by atoms with Gasteiger partial charge in [0, 0.05) is 11.1 Å². The number of rotatable bonds is 5. The Kier molecular flexibility index (Phi) is 6.24. The number of hydrogen-bond donors (Lipinski definition) is 1. The van der Waals surface area contributed by atoms with Gasteiger partial charge in [0.15, 0.2) is 11.5 Å². The number of carbonyl (C=O) groups excluding carboxylic acids is 1. The Bertz CT molecular complexity index is 781. The second kappa shape index (κ2) is 8.60. The van der Waals surface area contributed by atoms with Crippen molar-refractivity contribution in [3.05, 3.63) is 53.3 Å². The molecule has 0 aliphatic rings. The molecule has 0 unspecified atom stereocenters. The van der Waals surface area contributed by atoms with Gasteiger partial charge < -0.3 is 19.5 Å². The maximum absolute atomic E-state index is 12.8. The minimum Gasteiger partial charge on any atom is -0.493 e. The van der Waals surface area contributed by atoms with Gasteiger partial charge >= 0.3 is 0 Å². The Morgan fingerprint density at radius 1 is 1.04 bits per heavy atom. The quantitative estimate of drug-likeness (QED) is 0.848. The van der Waals surface area contributed by atoms with E-state index in [1.807, 2.05) is 0 Å². The molecule has 0 fully saturated rings. The smallest absolute Gasteiger partial charge is 0.252 e. The van der Waals surface area contributed by atoms with E-state index in [9.17, 15) is 9.18 Å². The molecule has 5 nitrogen and oxygen atoms in total. The van der Waals surface area contributed by atoms with Gasteiger partial charge in [-0.3, -0.25) is 4.79 Å². The van der Waals surface area contributed by atoms with Crippen LogP contribution in [0.15, 0.2) is 36.4 Å². The molecule has 130 valence electrons. The van der Waals surface area contributed by atoms with Crippen LogP contribution in [-0.2, 0) is 0 Å². The minimum absolute atomic E-state index is 0.146. The van der Waals surface area contributed by atoms with E-state index in [0.717, 1.165) is 0 Å². The second-order valence-electron chi connectivity index (χ2n) is 4.91. The molecule has 0 aliphatic heterocycles. The highest BCUT2D eigenvalue weighted by Crippen LogP contribution is 2.38. The fourth-order valence-electron chi connectivity index (χ4n) is 2.12. The number of ether oxygens (including phenoxy) is 3. The van der Waals surface area contributed by atoms with Crippen LogP contribution in [0.3, 0.4) is 0 Å². The van der Waals surface area contributed by atoms with Crippen molar-refractivity contribution in [2.75, 3.05) is 27.9 Å². The highest BCUT2D eigenvalue weighted by atomic mass is 19.1. The van der Waals surface area contributed by atoms with Crippen molar-refractivity contribution in [3.8, 4) is 29.1 Å². The van der Waals surface area contributed by atoms with Crippen molar-refractivity contribution in [2.24, 2.45) is 0 Å². The molecule has 0 aromatic heterocycles. The fourth-order valence-corrected chi connectivity index (χ4v) is 2.12. The summed E-state index contributed by atoms with van der Waals surface area (Å²) in [7, 11) is 4.45. The number of hydrogen-bond acceptors (Lipinski definition) is 4. The lowest BCUT2D eigenvalue weighted by molar-refractivity contribution is 0.0958. The second-order valence-corrected chi connectivity index (χ2v) is 4.91. The Hall–Kier alpha value is -3.20. The van der Waals surface area contributed by atoms with E-state index < -0.39 is 0 Å². The SMILES string of the molecule is COc1cc(C(=O)NCC#Cc2ccc(F)cc2)cc(OC)c1OC. The molecule has 0 atom stereocenters. The number of nitrogens with one attached hydrogen (secondary N) is 1. The first-order valence-corrected chi connectivity index (χ1v) is 7.41. The standard InChI is InChI=1S/C19H18FNO4/c1-23-16-11-14(12-17(24-2)18(16)25-3)19(22)21-10-4-5-13-6-8-15(20)9-7-13/h6-9,11-12H,10H2,1-3H3,(H,21,22). The van der Waals surface area contributed by atoms with Crippen LogP contribution in [0.25, 0.3) is 0 Å². The van der Waals surface area contributed by atoms with E-state index in [4.69, 9.17) is 14.2 Å². The van der Waals surface area contributed by atoms with Gasteiger partial charge in [-0.25, -0.2) is 4.39 Å². The van der Waals surface area contributed by atoms with Crippen LogP contribution < -0.4 is 19.5 Å². The molecule has 25 heavy (non-hydrogen) atoms. The first-order chi connectivity index (χ1) is 12.1. The summed E-state index contributed by atoms with van der Waals surface area (Å²) in [6.07, 6.45) is 0. The number of benzene rings is 2. The third kappa shape index (κ3) is 4.64. The van der Waals surface area contributed by atoms with Crippen molar-refractivity contribution in [3.63, 3.8) is 0 Å². The molecule has 0 radical (unpaired) electrons. The molecular formula is C19H18FNO4. The lowest BCUT2D eigenvalue weighted by atomic mass is 10.1. The van der Waals surface area contributed by atoms with Crippen molar-refractivity contribution in [1.82, 2.24) is 5.32 Å². The van der Waals surface area contributed by atoms with Crippen LogP contribution in [0.5, 0.6) is 17.2 Å². The van der Waals surface area contributed by atoms with Crippen molar-refractivity contribution >= 4 is 5.91 Å². The van der Waals surface area contributed by atoms with E-state index in [0.29, 0.717) is 28.4 Å². The minimum atomic E-state index is -0.326. The number of halogens is 1. The molecule has 0 saturated heterocycles. The van der Waals surface area contributed by atoms with Crippen LogP contribution in [0.4, 0.5) is 4.39 Å². The van der Waals surface area contributed by atoms with Gasteiger partial charge in [-0.2, -0.15) is 0 Å². The van der Waals surface area contributed by atoms with E-state index >= 15 is 0 Å². The summed E-state index contributed by atoms with van der Waals surface area (Å²) in [6, 6.07) is 8.93. The maximum atomic E-state index is 12.8.